The molecule has 1 aliphatic carbocycles. The molecule has 2 aromatic rings. The first-order valence-electron chi connectivity index (χ1n) is 12.3. The molecule has 2 amide bonds. The molecule has 1 fully saturated rings. The van der Waals surface area contributed by atoms with Gasteiger partial charge in [-0.05, 0) is 55.6 Å². The molecule has 1 heterocycles. The normalized spacial score (nSPS) is 23.1. The Hall–Kier alpha value is -2.06. The van der Waals surface area contributed by atoms with Crippen LogP contribution in [0, 0.1) is 17.8 Å². The van der Waals surface area contributed by atoms with Crippen molar-refractivity contribution in [2.45, 2.75) is 76.0 Å². The number of aliphatic hydroxyl groups excluding tert-OH is 1. The third kappa shape index (κ3) is 7.22. The first-order chi connectivity index (χ1) is 16.3. The van der Waals surface area contributed by atoms with Gasteiger partial charge in [-0.2, -0.15) is 0 Å². The van der Waals surface area contributed by atoms with Crippen LogP contribution in [0.3, 0.4) is 0 Å². The molecule has 3 N–H and O–H groups in total. The number of hydrogen-bond acceptors (Lipinski definition) is 5. The van der Waals surface area contributed by atoms with E-state index in [0.717, 1.165) is 28.1 Å². The van der Waals surface area contributed by atoms with E-state index in [1.165, 1.54) is 24.6 Å². The number of para-hydroxylation sites is 1. The molecule has 1 aromatic heterocycles. The Kier molecular flexibility index (Phi) is 9.83. The van der Waals surface area contributed by atoms with Crippen molar-refractivity contribution in [1.82, 2.24) is 15.6 Å². The first kappa shape index (κ1) is 26.5. The molecular weight excluding hydrogens is 445 g/mol. The van der Waals surface area contributed by atoms with Gasteiger partial charge in [0.1, 0.15) is 6.04 Å². The molecule has 0 bridgehead atoms. The maximum atomic E-state index is 13.1. The molecule has 1 aromatic carbocycles. The van der Waals surface area contributed by atoms with Crippen LogP contribution in [0.25, 0.3) is 10.9 Å². The fourth-order valence-corrected chi connectivity index (χ4v) is 6.09. The minimum atomic E-state index is -0.822. The zero-order valence-electron chi connectivity index (χ0n) is 20.4. The summed E-state index contributed by atoms with van der Waals surface area (Å²) < 4.78 is 0. The highest BCUT2D eigenvalue weighted by Crippen LogP contribution is 2.36. The molecule has 3 rings (SSSR count). The van der Waals surface area contributed by atoms with Crippen molar-refractivity contribution in [2.24, 2.45) is 17.8 Å². The summed E-state index contributed by atoms with van der Waals surface area (Å²) in [4.78, 5) is 30.1. The number of aliphatic hydroxyl groups is 1. The average molecular weight is 483 g/mol. The van der Waals surface area contributed by atoms with Crippen LogP contribution in [0.2, 0.25) is 0 Å². The molecule has 0 saturated heterocycles. The van der Waals surface area contributed by atoms with Gasteiger partial charge in [0.2, 0.25) is 13.8 Å². The Morgan fingerprint density at radius 3 is 2.71 bits per heavy atom. The van der Waals surface area contributed by atoms with E-state index in [2.05, 4.69) is 29.5 Å². The van der Waals surface area contributed by atoms with Crippen LogP contribution in [0.15, 0.2) is 41.4 Å². The van der Waals surface area contributed by atoms with Crippen LogP contribution in [0.5, 0.6) is 0 Å². The molecule has 2 radical (unpaired) electrons. The van der Waals surface area contributed by atoms with E-state index in [1.807, 2.05) is 37.3 Å². The van der Waals surface area contributed by atoms with Crippen LogP contribution in [0.4, 0.5) is 4.79 Å². The van der Waals surface area contributed by atoms with Crippen molar-refractivity contribution >= 4 is 42.2 Å². The smallest absolute Gasteiger partial charge is 0.243 e. The quantitative estimate of drug-likeness (QED) is 0.341. The molecule has 3 unspecified atom stereocenters. The topological polar surface area (TPSA) is 91.3 Å². The third-order valence-corrected chi connectivity index (χ3v) is 8.16. The second-order valence-corrected chi connectivity index (χ2v) is 10.7. The van der Waals surface area contributed by atoms with Crippen molar-refractivity contribution in [2.75, 3.05) is 5.75 Å². The highest BCUT2D eigenvalue weighted by molar-refractivity contribution is 7.99. The van der Waals surface area contributed by atoms with Crippen molar-refractivity contribution in [3.8, 4) is 0 Å². The number of amides is 2. The van der Waals surface area contributed by atoms with Crippen LogP contribution in [-0.4, -0.2) is 53.6 Å². The van der Waals surface area contributed by atoms with E-state index in [1.54, 1.807) is 6.20 Å². The average Bonchev–Trinajstić information content (AvgIpc) is 2.81. The number of thioether (sulfide) groups is 1. The fraction of sp³-hybridized carbons (Fsp3) is 0.577. The summed E-state index contributed by atoms with van der Waals surface area (Å²) >= 11 is 1.44. The fourth-order valence-electron chi connectivity index (χ4n) is 5.03. The van der Waals surface area contributed by atoms with E-state index in [-0.39, 0.29) is 13.4 Å². The van der Waals surface area contributed by atoms with Crippen LogP contribution >= 0.6 is 11.8 Å². The van der Waals surface area contributed by atoms with Gasteiger partial charge in [0.05, 0.1) is 17.7 Å². The third-order valence-electron chi connectivity index (χ3n) is 7.02. The van der Waals surface area contributed by atoms with Crippen LogP contribution < -0.4 is 10.6 Å². The van der Waals surface area contributed by atoms with Gasteiger partial charge in [0.15, 0.2) is 5.81 Å². The Bertz CT molecular complexity index is 977. The summed E-state index contributed by atoms with van der Waals surface area (Å²) in [6.07, 6.45) is 5.88. The molecule has 0 aliphatic heterocycles. The Balaban J connectivity index is 0.00000432. The molecule has 8 heteroatoms. The summed E-state index contributed by atoms with van der Waals surface area (Å²) in [7, 11) is 5.36. The molecule has 6 atom stereocenters. The number of benzene rings is 1. The highest BCUT2D eigenvalue weighted by atomic mass is 32.2. The van der Waals surface area contributed by atoms with E-state index >= 15 is 0 Å². The summed E-state index contributed by atoms with van der Waals surface area (Å²) in [6.45, 7) is 6.50. The molecule has 184 valence electrons. The maximum Gasteiger partial charge on any atom is 0.243 e. The molecular formula is C26H38BN3O3S. The van der Waals surface area contributed by atoms with Gasteiger partial charge < -0.3 is 15.7 Å². The monoisotopic (exact) mass is 483 g/mol. The van der Waals surface area contributed by atoms with Crippen LogP contribution in [0.1, 0.15) is 54.3 Å². The zero-order valence-corrected chi connectivity index (χ0v) is 21.2. The van der Waals surface area contributed by atoms with Gasteiger partial charge in [0.25, 0.3) is 0 Å². The second-order valence-electron chi connectivity index (χ2n) is 9.69. The van der Waals surface area contributed by atoms with Crippen molar-refractivity contribution in [1.29, 1.82) is 0 Å². The second kappa shape index (κ2) is 12.6. The lowest BCUT2D eigenvalue weighted by atomic mass is 9.73. The maximum absolute atomic E-state index is 13.1. The van der Waals surface area contributed by atoms with Crippen molar-refractivity contribution in [3.05, 3.63) is 36.5 Å². The summed E-state index contributed by atoms with van der Waals surface area (Å²) in [5.41, 5.74) is 0.853. The Morgan fingerprint density at radius 1 is 1.24 bits per heavy atom. The minimum Gasteiger partial charge on any atom is -0.391 e. The standard InChI is InChI=1S/C26H36BN3O3S.H2/c1-4-20(22(31)14-19-11-10-16(2)13-17(19)3)29-25(32)21(30-26(27)33)15-34-23-9-5-7-18-8-6-12-28-24(18)23;/h5-9,12,16-17,19-22,31H,4,10-11,13-15H2,1-3H3,(H,29,32)(H,30,33);1H/t16?,17?,19?,20-,21+,22+;/m0./s1. The van der Waals surface area contributed by atoms with Crippen molar-refractivity contribution in [3.63, 3.8) is 0 Å². The van der Waals surface area contributed by atoms with E-state index in [9.17, 15) is 14.7 Å². The van der Waals surface area contributed by atoms with Gasteiger partial charge in [-0.25, -0.2) is 0 Å². The predicted octanol–water partition coefficient (Wildman–Crippen LogP) is 4.54. The zero-order chi connectivity index (χ0) is 24.7. The van der Waals surface area contributed by atoms with E-state index in [4.69, 9.17) is 7.85 Å². The van der Waals surface area contributed by atoms with Crippen molar-refractivity contribution < 1.29 is 16.1 Å². The minimum absolute atomic E-state index is 0. The van der Waals surface area contributed by atoms with Gasteiger partial charge in [-0.1, -0.05) is 45.4 Å². The Morgan fingerprint density at radius 2 is 2.00 bits per heavy atom. The molecule has 1 saturated carbocycles. The van der Waals surface area contributed by atoms with Crippen LogP contribution in [-0.2, 0) is 4.79 Å². The number of aromatic nitrogens is 1. The number of fused-ring (bicyclic) bond motifs is 1. The number of nitrogens with one attached hydrogen (secondary N) is 2. The number of hydrogen-bond donors (Lipinski definition) is 3. The molecule has 34 heavy (non-hydrogen) atoms. The summed E-state index contributed by atoms with van der Waals surface area (Å²) in [5, 5.41) is 17.5. The lowest BCUT2D eigenvalue weighted by molar-refractivity contribution is -0.124. The van der Waals surface area contributed by atoms with Gasteiger partial charge in [-0.3, -0.25) is 14.6 Å². The number of nitrogens with zero attached hydrogens (tertiary/aromatic N) is 1. The summed E-state index contributed by atoms with van der Waals surface area (Å²) in [6, 6.07) is 8.55. The SMILES string of the molecule is [B]C(=O)N[C@H](CSc1cccc2cccnc12)C(=O)N[C@@H](CC)[C@H](O)CC1CCC(C)CC1C.[HH]. The number of pyridine rings is 1. The Labute approximate surface area is 210 Å². The number of carbonyl (C=O) groups is 2. The first-order valence-corrected chi connectivity index (χ1v) is 13.3. The van der Waals surface area contributed by atoms with E-state index < -0.39 is 18.0 Å². The number of rotatable bonds is 10. The molecule has 1 aliphatic rings. The molecule has 6 nitrogen and oxygen atoms in total. The highest BCUT2D eigenvalue weighted by Gasteiger charge is 2.31. The lowest BCUT2D eigenvalue weighted by Gasteiger charge is -2.35. The van der Waals surface area contributed by atoms with E-state index in [0.29, 0.717) is 30.4 Å². The van der Waals surface area contributed by atoms with Gasteiger partial charge in [-0.15, -0.1) is 11.8 Å². The summed E-state index contributed by atoms with van der Waals surface area (Å²) in [5.74, 6) is 0.980. The van der Waals surface area contributed by atoms with Gasteiger partial charge in [0, 0.05) is 23.7 Å². The van der Waals surface area contributed by atoms with Gasteiger partial charge >= 0.3 is 0 Å². The largest absolute Gasteiger partial charge is 0.391 e. The predicted molar refractivity (Wildman–Crippen MR) is 141 cm³/mol. The lowest BCUT2D eigenvalue weighted by Crippen LogP contribution is -2.53. The number of carbonyl (C=O) groups excluding carboxylic acids is 2. The molecule has 0 spiro atoms.